The minimum Gasteiger partial charge on any atom is -0.356 e. The van der Waals surface area contributed by atoms with Gasteiger partial charge in [-0.3, -0.25) is 9.48 Å². The summed E-state index contributed by atoms with van der Waals surface area (Å²) in [5.74, 6) is 1.62. The highest BCUT2D eigenvalue weighted by Crippen LogP contribution is 2.32. The normalized spacial score (nSPS) is 20.0. The van der Waals surface area contributed by atoms with Gasteiger partial charge in [-0.2, -0.15) is 5.10 Å². The van der Waals surface area contributed by atoms with Crippen LogP contribution in [0.3, 0.4) is 0 Å². The molecule has 1 aliphatic carbocycles. The van der Waals surface area contributed by atoms with Crippen molar-refractivity contribution in [2.45, 2.75) is 38.3 Å². The minimum atomic E-state index is -1.34. The molecule has 2 fully saturated rings. The van der Waals surface area contributed by atoms with E-state index in [0.29, 0.717) is 31.8 Å². The number of anilines is 1. The first-order valence-electron chi connectivity index (χ1n) is 8.83. The second-order valence-electron chi connectivity index (χ2n) is 7.23. The number of aryl methyl sites for hydroxylation is 2. The highest BCUT2D eigenvalue weighted by molar-refractivity contribution is 5.87. The third-order valence-electron chi connectivity index (χ3n) is 5.17. The predicted octanol–water partition coefficient (Wildman–Crippen LogP) is 1.51. The number of halogens is 1. The van der Waals surface area contributed by atoms with E-state index < -0.39 is 5.67 Å². The lowest BCUT2D eigenvalue weighted by Gasteiger charge is -2.37. The number of carbonyl (C=O) groups is 1. The molecule has 1 saturated heterocycles. The predicted molar refractivity (Wildman–Crippen MR) is 92.1 cm³/mol. The van der Waals surface area contributed by atoms with Crippen molar-refractivity contribution >= 4 is 22.8 Å². The van der Waals surface area contributed by atoms with E-state index in [-0.39, 0.29) is 18.4 Å². The molecule has 1 amide bonds. The van der Waals surface area contributed by atoms with E-state index in [1.54, 1.807) is 10.9 Å². The summed E-state index contributed by atoms with van der Waals surface area (Å²) in [4.78, 5) is 22.8. The van der Waals surface area contributed by atoms with Crippen LogP contribution >= 0.6 is 0 Å². The second-order valence-corrected chi connectivity index (χ2v) is 7.23. The molecule has 0 atom stereocenters. The van der Waals surface area contributed by atoms with Crippen LogP contribution in [-0.4, -0.2) is 51.0 Å². The lowest BCUT2D eigenvalue weighted by Crippen LogP contribution is -2.48. The highest BCUT2D eigenvalue weighted by atomic mass is 19.1. The Bertz CT molecular complexity index is 807. The fourth-order valence-electron chi connectivity index (χ4n) is 3.39. The molecule has 1 N–H and O–H groups in total. The lowest BCUT2D eigenvalue weighted by molar-refractivity contribution is -0.123. The molecule has 3 heterocycles. The minimum absolute atomic E-state index is 0.00273. The summed E-state index contributed by atoms with van der Waals surface area (Å²) in [6, 6.07) is 0. The van der Waals surface area contributed by atoms with Gasteiger partial charge in [0.2, 0.25) is 5.91 Å². The van der Waals surface area contributed by atoms with Crippen LogP contribution in [0.1, 0.15) is 31.5 Å². The van der Waals surface area contributed by atoms with Gasteiger partial charge in [-0.1, -0.05) is 0 Å². The smallest absolute Gasteiger partial charge is 0.223 e. The quantitative estimate of drug-likeness (QED) is 0.908. The van der Waals surface area contributed by atoms with Gasteiger partial charge in [0.05, 0.1) is 18.1 Å². The molecule has 0 radical (unpaired) electrons. The first-order chi connectivity index (χ1) is 12.0. The summed E-state index contributed by atoms with van der Waals surface area (Å²) >= 11 is 0. The molecule has 25 heavy (non-hydrogen) atoms. The van der Waals surface area contributed by atoms with Crippen molar-refractivity contribution in [2.75, 3.05) is 24.5 Å². The number of aromatic nitrogens is 4. The van der Waals surface area contributed by atoms with E-state index in [0.717, 1.165) is 29.7 Å². The fourth-order valence-corrected chi connectivity index (χ4v) is 3.39. The summed E-state index contributed by atoms with van der Waals surface area (Å²) in [6.45, 7) is 3.10. The average Bonchev–Trinajstić information content (AvgIpc) is 3.38. The molecular formula is C17H23FN6O. The van der Waals surface area contributed by atoms with Crippen LogP contribution in [0.15, 0.2) is 6.20 Å². The maximum Gasteiger partial charge on any atom is 0.223 e. The number of alkyl halides is 1. The number of amides is 1. The largest absolute Gasteiger partial charge is 0.356 e. The highest BCUT2D eigenvalue weighted by Gasteiger charge is 2.37. The van der Waals surface area contributed by atoms with E-state index in [9.17, 15) is 4.79 Å². The van der Waals surface area contributed by atoms with Crippen molar-refractivity contribution in [1.29, 1.82) is 0 Å². The standard InChI is InChI=1S/C17H23FN6O/c1-11-21-14-13(9-20-23(14)2)15(22-11)24-7-5-17(18,6-8-24)10-19-16(25)12-3-4-12/h9,12H,3-8,10H2,1-2H3,(H,19,25). The molecule has 134 valence electrons. The van der Waals surface area contributed by atoms with E-state index in [1.165, 1.54) is 0 Å². The maximum absolute atomic E-state index is 15.0. The third-order valence-corrected chi connectivity index (χ3v) is 5.17. The SMILES string of the molecule is Cc1nc(N2CCC(F)(CNC(=O)C3CC3)CC2)c2cnn(C)c2n1. The Morgan fingerprint density at radius 2 is 2.08 bits per heavy atom. The van der Waals surface area contributed by atoms with Crippen LogP contribution in [0.5, 0.6) is 0 Å². The van der Waals surface area contributed by atoms with Gasteiger partial charge >= 0.3 is 0 Å². The van der Waals surface area contributed by atoms with Crippen LogP contribution in [0.25, 0.3) is 11.0 Å². The van der Waals surface area contributed by atoms with Gasteiger partial charge in [-0.05, 0) is 19.8 Å². The number of piperidine rings is 1. The van der Waals surface area contributed by atoms with Gasteiger partial charge in [0.25, 0.3) is 0 Å². The van der Waals surface area contributed by atoms with E-state index in [1.807, 2.05) is 14.0 Å². The van der Waals surface area contributed by atoms with Gasteiger partial charge in [0.15, 0.2) is 5.65 Å². The monoisotopic (exact) mass is 346 g/mol. The molecular weight excluding hydrogens is 323 g/mol. The number of hydrogen-bond acceptors (Lipinski definition) is 5. The Balaban J connectivity index is 1.45. The molecule has 4 rings (SSSR count). The number of rotatable bonds is 4. The summed E-state index contributed by atoms with van der Waals surface area (Å²) in [7, 11) is 1.85. The van der Waals surface area contributed by atoms with Gasteiger partial charge in [-0.25, -0.2) is 14.4 Å². The molecule has 0 unspecified atom stereocenters. The van der Waals surface area contributed by atoms with E-state index in [4.69, 9.17) is 0 Å². The molecule has 0 aromatic carbocycles. The Kier molecular flexibility index (Phi) is 3.85. The lowest BCUT2D eigenvalue weighted by atomic mass is 9.93. The van der Waals surface area contributed by atoms with Crippen LogP contribution in [0.4, 0.5) is 10.2 Å². The third kappa shape index (κ3) is 3.17. The Hall–Kier alpha value is -2.25. The number of nitrogens with one attached hydrogen (secondary N) is 1. The van der Waals surface area contributed by atoms with Crippen LogP contribution in [0.2, 0.25) is 0 Å². The zero-order valence-electron chi connectivity index (χ0n) is 14.6. The number of hydrogen-bond donors (Lipinski definition) is 1. The van der Waals surface area contributed by atoms with Crippen molar-refractivity contribution in [3.8, 4) is 0 Å². The zero-order chi connectivity index (χ0) is 17.6. The van der Waals surface area contributed by atoms with Crippen LogP contribution in [-0.2, 0) is 11.8 Å². The van der Waals surface area contributed by atoms with Gasteiger partial charge < -0.3 is 10.2 Å². The summed E-state index contributed by atoms with van der Waals surface area (Å²) < 4.78 is 16.7. The Morgan fingerprint density at radius 1 is 1.36 bits per heavy atom. The van der Waals surface area contributed by atoms with Gasteiger partial charge in [0, 0.05) is 38.9 Å². The molecule has 0 spiro atoms. The molecule has 7 nitrogen and oxygen atoms in total. The molecule has 8 heteroatoms. The Labute approximate surface area is 145 Å². The fraction of sp³-hybridized carbons (Fsp3) is 0.647. The van der Waals surface area contributed by atoms with E-state index in [2.05, 4.69) is 25.3 Å². The maximum atomic E-state index is 15.0. The average molecular weight is 346 g/mol. The van der Waals surface area contributed by atoms with Crippen molar-refractivity contribution in [2.24, 2.45) is 13.0 Å². The van der Waals surface area contributed by atoms with Crippen LogP contribution < -0.4 is 10.2 Å². The summed E-state index contributed by atoms with van der Waals surface area (Å²) in [5, 5.41) is 7.93. The molecule has 1 saturated carbocycles. The Morgan fingerprint density at radius 3 is 2.76 bits per heavy atom. The number of fused-ring (bicyclic) bond motifs is 1. The molecule has 2 aromatic heterocycles. The van der Waals surface area contributed by atoms with Crippen molar-refractivity contribution in [3.05, 3.63) is 12.0 Å². The molecule has 0 bridgehead atoms. The van der Waals surface area contributed by atoms with Gasteiger partial charge in [-0.15, -0.1) is 0 Å². The molecule has 1 aliphatic heterocycles. The zero-order valence-corrected chi connectivity index (χ0v) is 14.6. The molecule has 2 aliphatic rings. The first-order valence-corrected chi connectivity index (χ1v) is 8.83. The van der Waals surface area contributed by atoms with Gasteiger partial charge in [0.1, 0.15) is 17.3 Å². The second kappa shape index (κ2) is 5.93. The number of nitrogens with zero attached hydrogens (tertiary/aromatic N) is 5. The topological polar surface area (TPSA) is 75.9 Å². The first kappa shape index (κ1) is 16.2. The van der Waals surface area contributed by atoms with E-state index >= 15 is 4.39 Å². The van der Waals surface area contributed by atoms with Crippen LogP contribution in [0, 0.1) is 12.8 Å². The summed E-state index contributed by atoms with van der Waals surface area (Å²) in [6.07, 6.45) is 4.39. The van der Waals surface area contributed by atoms with Crippen molar-refractivity contribution < 1.29 is 9.18 Å². The summed E-state index contributed by atoms with van der Waals surface area (Å²) in [5.41, 5.74) is -0.548. The van der Waals surface area contributed by atoms with Crippen molar-refractivity contribution in [3.63, 3.8) is 0 Å². The number of carbonyl (C=O) groups excluding carboxylic acids is 1. The molecule has 2 aromatic rings. The van der Waals surface area contributed by atoms with Crippen molar-refractivity contribution in [1.82, 2.24) is 25.1 Å².